The van der Waals surface area contributed by atoms with Crippen molar-refractivity contribution >= 4 is 11.4 Å². The van der Waals surface area contributed by atoms with Gasteiger partial charge < -0.3 is 10.1 Å². The van der Waals surface area contributed by atoms with Crippen LogP contribution in [0.4, 0.5) is 4.39 Å². The lowest BCUT2D eigenvalue weighted by atomic mass is 10.1. The Labute approximate surface area is 176 Å². The van der Waals surface area contributed by atoms with E-state index in [1.165, 1.54) is 16.9 Å². The molecule has 4 aromatic rings. The minimum absolute atomic E-state index is 0.0249. The summed E-state index contributed by atoms with van der Waals surface area (Å²) in [6.45, 7) is 2.23. The van der Waals surface area contributed by atoms with Crippen LogP contribution in [0, 0.1) is 5.82 Å². The summed E-state index contributed by atoms with van der Waals surface area (Å²) in [4.78, 5) is 25.0. The first-order chi connectivity index (χ1) is 15.0. The number of nitrogens with one attached hydrogen (secondary N) is 1. The van der Waals surface area contributed by atoms with Gasteiger partial charge in [-0.25, -0.2) is 13.6 Å². The summed E-state index contributed by atoms with van der Waals surface area (Å²) in [5.41, 5.74) is 1.63. The van der Waals surface area contributed by atoms with Crippen molar-refractivity contribution in [2.45, 2.75) is 20.0 Å². The molecule has 8 nitrogen and oxygen atoms in total. The zero-order chi connectivity index (χ0) is 21.8. The Hall–Kier alpha value is -4.01. The van der Waals surface area contributed by atoms with E-state index in [0.717, 1.165) is 16.0 Å². The molecule has 0 aliphatic rings. The first-order valence-electron chi connectivity index (χ1n) is 9.74. The molecule has 0 unspecified atom stereocenters. The summed E-state index contributed by atoms with van der Waals surface area (Å²) >= 11 is 0. The molecule has 4 rings (SSSR count). The molecule has 0 fully saturated rings. The number of hydrogen-bond acceptors (Lipinski definition) is 5. The van der Waals surface area contributed by atoms with Crippen molar-refractivity contribution in [2.24, 2.45) is 0 Å². The Bertz CT molecular complexity index is 1280. The van der Waals surface area contributed by atoms with Gasteiger partial charge in [-0.05, 0) is 43.3 Å². The molecular formula is C22H20FN5O3. The maximum absolute atomic E-state index is 13.7. The van der Waals surface area contributed by atoms with Crippen molar-refractivity contribution in [1.29, 1.82) is 0 Å². The zero-order valence-electron chi connectivity index (χ0n) is 16.8. The van der Waals surface area contributed by atoms with Crippen LogP contribution in [0.1, 0.15) is 12.5 Å². The van der Waals surface area contributed by atoms with Crippen LogP contribution in [0.15, 0.2) is 65.7 Å². The maximum atomic E-state index is 13.7. The summed E-state index contributed by atoms with van der Waals surface area (Å²) in [6.07, 6.45) is 1.37. The average Bonchev–Trinajstić information content (AvgIpc) is 3.21. The third kappa shape index (κ3) is 4.45. The molecule has 0 saturated heterocycles. The molecule has 158 valence electrons. The van der Waals surface area contributed by atoms with Gasteiger partial charge in [0, 0.05) is 17.7 Å². The van der Waals surface area contributed by atoms with Crippen LogP contribution in [-0.2, 0) is 17.9 Å². The van der Waals surface area contributed by atoms with E-state index in [-0.39, 0.29) is 13.1 Å². The molecule has 0 saturated carbocycles. The predicted molar refractivity (Wildman–Crippen MR) is 112 cm³/mol. The number of aromatic nitrogens is 4. The van der Waals surface area contributed by atoms with E-state index < -0.39 is 17.3 Å². The fourth-order valence-corrected chi connectivity index (χ4v) is 3.11. The number of carbonyl (C=O) groups excluding carboxylic acids is 1. The second kappa shape index (κ2) is 8.78. The topological polar surface area (TPSA) is 90.5 Å². The zero-order valence-corrected chi connectivity index (χ0v) is 16.8. The van der Waals surface area contributed by atoms with Crippen molar-refractivity contribution < 1.29 is 13.9 Å². The van der Waals surface area contributed by atoms with Crippen molar-refractivity contribution in [2.75, 3.05) is 6.61 Å². The molecular weight excluding hydrogens is 401 g/mol. The van der Waals surface area contributed by atoms with Crippen molar-refractivity contribution in [3.05, 3.63) is 82.7 Å². The van der Waals surface area contributed by atoms with Crippen molar-refractivity contribution in [3.8, 4) is 17.0 Å². The van der Waals surface area contributed by atoms with E-state index in [2.05, 4.69) is 15.5 Å². The monoisotopic (exact) mass is 421 g/mol. The lowest BCUT2D eigenvalue weighted by Gasteiger charge is -2.07. The van der Waals surface area contributed by atoms with Crippen LogP contribution in [0.3, 0.4) is 0 Å². The summed E-state index contributed by atoms with van der Waals surface area (Å²) in [6, 6.07) is 15.2. The Morgan fingerprint density at radius 3 is 2.68 bits per heavy atom. The van der Waals surface area contributed by atoms with Gasteiger partial charge in [-0.3, -0.25) is 9.59 Å². The predicted octanol–water partition coefficient (Wildman–Crippen LogP) is 2.41. The van der Waals surface area contributed by atoms with E-state index in [9.17, 15) is 14.0 Å². The highest BCUT2D eigenvalue weighted by atomic mass is 19.1. The molecule has 1 N–H and O–H groups in total. The van der Waals surface area contributed by atoms with Crippen LogP contribution in [-0.4, -0.2) is 31.9 Å². The smallest absolute Gasteiger partial charge is 0.293 e. The van der Waals surface area contributed by atoms with E-state index in [0.29, 0.717) is 23.4 Å². The fraction of sp³-hybridized carbons (Fsp3) is 0.182. The Morgan fingerprint density at radius 1 is 1.16 bits per heavy atom. The summed E-state index contributed by atoms with van der Waals surface area (Å²) < 4.78 is 21.5. The lowest BCUT2D eigenvalue weighted by molar-refractivity contribution is -0.122. The number of ether oxygens (including phenoxy) is 1. The Balaban J connectivity index is 1.50. The van der Waals surface area contributed by atoms with Gasteiger partial charge in [-0.15, -0.1) is 0 Å². The molecule has 2 aromatic heterocycles. The summed E-state index contributed by atoms with van der Waals surface area (Å²) in [7, 11) is 0. The van der Waals surface area contributed by atoms with Gasteiger partial charge >= 0.3 is 0 Å². The maximum Gasteiger partial charge on any atom is 0.293 e. The molecule has 0 radical (unpaired) electrons. The third-order valence-electron chi connectivity index (χ3n) is 4.68. The highest BCUT2D eigenvalue weighted by Crippen LogP contribution is 2.21. The summed E-state index contributed by atoms with van der Waals surface area (Å²) in [5.74, 6) is -0.102. The van der Waals surface area contributed by atoms with Crippen LogP contribution < -0.4 is 15.6 Å². The number of rotatable bonds is 7. The van der Waals surface area contributed by atoms with Crippen LogP contribution in [0.5, 0.6) is 5.75 Å². The van der Waals surface area contributed by atoms with Gasteiger partial charge in [0.15, 0.2) is 0 Å². The second-order valence-corrected chi connectivity index (χ2v) is 6.78. The second-order valence-electron chi connectivity index (χ2n) is 6.78. The van der Waals surface area contributed by atoms with Gasteiger partial charge in [-0.1, -0.05) is 18.2 Å². The minimum Gasteiger partial charge on any atom is -0.494 e. The number of fused-ring (bicyclic) bond motifs is 1. The molecule has 0 spiro atoms. The van der Waals surface area contributed by atoms with Crippen molar-refractivity contribution in [1.82, 2.24) is 24.7 Å². The molecule has 1 amide bonds. The average molecular weight is 421 g/mol. The third-order valence-corrected chi connectivity index (χ3v) is 4.68. The normalized spacial score (nSPS) is 10.9. The van der Waals surface area contributed by atoms with Gasteiger partial charge in [0.1, 0.15) is 30.0 Å². The van der Waals surface area contributed by atoms with E-state index >= 15 is 0 Å². The molecule has 2 heterocycles. The number of benzene rings is 2. The van der Waals surface area contributed by atoms with Gasteiger partial charge in [0.2, 0.25) is 5.91 Å². The standard InChI is InChI=1S/C22H20FN5O3/c1-2-31-17-9-7-15(8-10-17)19-11-20-22(30)27(25-14-28(20)26-19)13-21(29)24-12-16-5-3-4-6-18(16)23/h3-11,14H,2,12-13H2,1H3,(H,24,29). The van der Waals surface area contributed by atoms with E-state index in [4.69, 9.17) is 4.74 Å². The van der Waals surface area contributed by atoms with Gasteiger partial charge in [0.05, 0.1) is 12.3 Å². The quantitative estimate of drug-likeness (QED) is 0.495. The number of nitrogens with zero attached hydrogens (tertiary/aromatic N) is 4. The van der Waals surface area contributed by atoms with Crippen LogP contribution in [0.2, 0.25) is 0 Å². The number of halogens is 1. The molecule has 31 heavy (non-hydrogen) atoms. The molecule has 0 atom stereocenters. The lowest BCUT2D eigenvalue weighted by Crippen LogP contribution is -2.34. The van der Waals surface area contributed by atoms with Gasteiger partial charge in [0.25, 0.3) is 5.56 Å². The highest BCUT2D eigenvalue weighted by molar-refractivity contribution is 5.75. The van der Waals surface area contributed by atoms with Crippen LogP contribution in [0.25, 0.3) is 16.8 Å². The van der Waals surface area contributed by atoms with E-state index in [1.54, 1.807) is 24.3 Å². The van der Waals surface area contributed by atoms with E-state index in [1.807, 2.05) is 31.2 Å². The molecule has 2 aromatic carbocycles. The number of amides is 1. The molecule has 0 aliphatic heterocycles. The van der Waals surface area contributed by atoms with Crippen molar-refractivity contribution in [3.63, 3.8) is 0 Å². The minimum atomic E-state index is -0.451. The number of hydrogen-bond donors (Lipinski definition) is 1. The Morgan fingerprint density at radius 2 is 1.94 bits per heavy atom. The summed E-state index contributed by atoms with van der Waals surface area (Å²) in [5, 5.41) is 11.0. The highest BCUT2D eigenvalue weighted by Gasteiger charge is 2.13. The molecule has 9 heteroatoms. The largest absolute Gasteiger partial charge is 0.494 e. The Kier molecular flexibility index (Phi) is 5.74. The SMILES string of the molecule is CCOc1ccc(-c2cc3c(=O)n(CC(=O)NCc4ccccc4F)ncn3n2)cc1. The van der Waals surface area contributed by atoms with Crippen LogP contribution >= 0.6 is 0 Å². The molecule has 0 bridgehead atoms. The first kappa shape index (κ1) is 20.3. The van der Waals surface area contributed by atoms with Gasteiger partial charge in [-0.2, -0.15) is 10.2 Å². The first-order valence-corrected chi connectivity index (χ1v) is 9.74. The fourth-order valence-electron chi connectivity index (χ4n) is 3.11. The molecule has 0 aliphatic carbocycles. The number of carbonyl (C=O) groups is 1.